The van der Waals surface area contributed by atoms with Gasteiger partial charge in [-0.05, 0) is 20.8 Å². The number of carboxylic acids is 1. The van der Waals surface area contributed by atoms with Crippen LogP contribution in [0.15, 0.2) is 11.4 Å². The molecule has 1 heterocycles. The number of anilines is 1. The Balaban J connectivity index is 2.72. The van der Waals surface area contributed by atoms with Crippen LogP contribution in [-0.2, 0) is 0 Å². The van der Waals surface area contributed by atoms with E-state index in [1.807, 2.05) is 0 Å². The minimum atomic E-state index is -2.62. The van der Waals surface area contributed by atoms with E-state index in [-0.39, 0.29) is 11.1 Å². The van der Waals surface area contributed by atoms with Crippen LogP contribution in [0.4, 0.5) is 18.9 Å². The van der Waals surface area contributed by atoms with Crippen molar-refractivity contribution in [2.45, 2.75) is 32.4 Å². The molecule has 2 unspecified atom stereocenters. The molecule has 0 fully saturated rings. The fourth-order valence-electron chi connectivity index (χ4n) is 2.27. The summed E-state index contributed by atoms with van der Waals surface area (Å²) in [6, 6.07) is 0. The molecule has 1 aromatic rings. The van der Waals surface area contributed by atoms with Crippen LogP contribution in [0.25, 0.3) is 0 Å². The Morgan fingerprint density at radius 1 is 1.41 bits per heavy atom. The molecular formula is C15H13F3N2O2. The molecule has 0 saturated carbocycles. The Hall–Kier alpha value is -2.49. The summed E-state index contributed by atoms with van der Waals surface area (Å²) >= 11 is 0. The molecule has 116 valence electrons. The average molecular weight is 310 g/mol. The molecule has 1 aliphatic rings. The lowest BCUT2D eigenvalue weighted by Gasteiger charge is -2.28. The van der Waals surface area contributed by atoms with Crippen molar-refractivity contribution in [3.63, 3.8) is 0 Å². The van der Waals surface area contributed by atoms with Crippen LogP contribution in [0.1, 0.15) is 41.5 Å². The van der Waals surface area contributed by atoms with Crippen LogP contribution in [-0.4, -0.2) is 21.7 Å². The maximum atomic E-state index is 14.7. The Bertz CT molecular complexity index is 773. The quantitative estimate of drug-likeness (QED) is 0.824. The number of carboxylic acid groups (broad SMARTS) is 1. The number of rotatable bonds is 2. The average Bonchev–Trinajstić information content (AvgIpc) is 2.43. The lowest BCUT2D eigenvalue weighted by molar-refractivity contribution is 0.0688. The molecule has 0 aliphatic heterocycles. The standard InChI is InChI=1S/C15H13F3N2O2/c1-6-4-5-8(15(3,18)13(6)17)12-9(16)10(19)7(2)11(20-12)14(21)22/h8H,1-3H3,(H2,19,20)(H,21,22). The number of pyridine rings is 1. The monoisotopic (exact) mass is 310 g/mol. The van der Waals surface area contributed by atoms with Gasteiger partial charge in [0.15, 0.2) is 17.2 Å². The molecule has 2 atom stereocenters. The number of aromatic nitrogens is 1. The normalized spacial score (nSPS) is 24.0. The maximum absolute atomic E-state index is 14.7. The summed E-state index contributed by atoms with van der Waals surface area (Å²) in [5, 5.41) is 9.07. The minimum Gasteiger partial charge on any atom is -0.477 e. The highest BCUT2D eigenvalue weighted by Crippen LogP contribution is 2.42. The predicted molar refractivity (Wildman–Crippen MR) is 74.1 cm³/mol. The van der Waals surface area contributed by atoms with E-state index in [0.29, 0.717) is 0 Å². The first-order chi connectivity index (χ1) is 10.1. The van der Waals surface area contributed by atoms with Crippen LogP contribution < -0.4 is 5.73 Å². The molecule has 0 amide bonds. The molecule has 0 radical (unpaired) electrons. The van der Waals surface area contributed by atoms with Crippen molar-refractivity contribution in [2.75, 3.05) is 5.73 Å². The number of aromatic carboxylic acids is 1. The molecule has 0 saturated heterocycles. The smallest absolute Gasteiger partial charge is 0.354 e. The lowest BCUT2D eigenvalue weighted by atomic mass is 9.82. The Labute approximate surface area is 124 Å². The third kappa shape index (κ3) is 2.21. The van der Waals surface area contributed by atoms with E-state index in [1.165, 1.54) is 13.8 Å². The van der Waals surface area contributed by atoms with Crippen molar-refractivity contribution >= 4 is 11.7 Å². The minimum absolute atomic E-state index is 0.0784. The highest BCUT2D eigenvalue weighted by atomic mass is 19.2. The summed E-state index contributed by atoms with van der Waals surface area (Å²) < 4.78 is 43.0. The van der Waals surface area contributed by atoms with Gasteiger partial charge in [0.05, 0.1) is 11.4 Å². The summed E-state index contributed by atoms with van der Waals surface area (Å²) in [5.74, 6) is -0.493. The second-order valence-corrected chi connectivity index (χ2v) is 5.22. The van der Waals surface area contributed by atoms with Gasteiger partial charge in [0.2, 0.25) is 0 Å². The molecule has 1 aromatic heterocycles. The lowest BCUT2D eigenvalue weighted by Crippen LogP contribution is -2.32. The molecular weight excluding hydrogens is 297 g/mol. The Kier molecular flexibility index (Phi) is 3.65. The first-order valence-electron chi connectivity index (χ1n) is 6.35. The Morgan fingerprint density at radius 2 is 2.00 bits per heavy atom. The zero-order valence-corrected chi connectivity index (χ0v) is 12.1. The zero-order chi connectivity index (χ0) is 16.8. The van der Waals surface area contributed by atoms with Crippen LogP contribution in [0.2, 0.25) is 0 Å². The SMILES string of the molecule is CC1=C(F)C(C)(F)C(c2nc(C(=O)O)c(C)c(N)c2F)C#C1. The fourth-order valence-corrected chi connectivity index (χ4v) is 2.27. The van der Waals surface area contributed by atoms with E-state index in [9.17, 15) is 18.0 Å². The molecule has 1 aliphatic carbocycles. The fraction of sp³-hybridized carbons (Fsp3) is 0.333. The van der Waals surface area contributed by atoms with E-state index in [1.54, 1.807) is 0 Å². The van der Waals surface area contributed by atoms with Crippen molar-refractivity contribution < 1.29 is 23.1 Å². The molecule has 7 heteroatoms. The zero-order valence-electron chi connectivity index (χ0n) is 12.1. The highest BCUT2D eigenvalue weighted by Gasteiger charge is 2.45. The van der Waals surface area contributed by atoms with Gasteiger partial charge in [-0.1, -0.05) is 11.8 Å². The van der Waals surface area contributed by atoms with Crippen molar-refractivity contribution in [1.82, 2.24) is 4.98 Å². The van der Waals surface area contributed by atoms with E-state index in [2.05, 4.69) is 16.8 Å². The number of carbonyl (C=O) groups is 1. The van der Waals surface area contributed by atoms with Crippen molar-refractivity contribution in [1.29, 1.82) is 0 Å². The number of nitrogens with zero attached hydrogens (tertiary/aromatic N) is 1. The first-order valence-corrected chi connectivity index (χ1v) is 6.35. The molecule has 2 rings (SSSR count). The molecule has 0 spiro atoms. The topological polar surface area (TPSA) is 76.2 Å². The third-order valence-electron chi connectivity index (χ3n) is 3.63. The van der Waals surface area contributed by atoms with Crippen molar-refractivity contribution in [3.8, 4) is 11.8 Å². The van der Waals surface area contributed by atoms with Gasteiger partial charge >= 0.3 is 5.97 Å². The first kappa shape index (κ1) is 15.9. The van der Waals surface area contributed by atoms with Gasteiger partial charge in [-0.25, -0.2) is 22.9 Å². The third-order valence-corrected chi connectivity index (χ3v) is 3.63. The molecule has 3 N–H and O–H groups in total. The molecule has 0 bridgehead atoms. The van der Waals surface area contributed by atoms with Crippen LogP contribution in [0.5, 0.6) is 0 Å². The molecule has 22 heavy (non-hydrogen) atoms. The number of hydrogen-bond donors (Lipinski definition) is 2. The summed E-state index contributed by atoms with van der Waals surface area (Å²) in [4.78, 5) is 14.8. The van der Waals surface area contributed by atoms with Gasteiger partial charge in [-0.15, -0.1) is 0 Å². The van der Waals surface area contributed by atoms with Crippen molar-refractivity contribution in [3.05, 3.63) is 34.2 Å². The van der Waals surface area contributed by atoms with Crippen LogP contribution >= 0.6 is 0 Å². The van der Waals surface area contributed by atoms with Gasteiger partial charge in [0, 0.05) is 11.1 Å². The summed E-state index contributed by atoms with van der Waals surface area (Å²) in [5.41, 5.74) is 1.13. The van der Waals surface area contributed by atoms with E-state index >= 15 is 0 Å². The summed E-state index contributed by atoms with van der Waals surface area (Å²) in [6.07, 6.45) is 0. The largest absolute Gasteiger partial charge is 0.477 e. The summed E-state index contributed by atoms with van der Waals surface area (Å²) in [6.45, 7) is 3.48. The second kappa shape index (κ2) is 5.05. The molecule has 4 nitrogen and oxygen atoms in total. The predicted octanol–water partition coefficient (Wildman–Crippen LogP) is 2.88. The van der Waals surface area contributed by atoms with Gasteiger partial charge in [0.25, 0.3) is 0 Å². The number of nitrogen functional groups attached to an aromatic ring is 1. The van der Waals surface area contributed by atoms with Gasteiger partial charge in [-0.2, -0.15) is 0 Å². The second-order valence-electron chi connectivity index (χ2n) is 5.22. The van der Waals surface area contributed by atoms with Crippen LogP contribution in [0.3, 0.4) is 0 Å². The van der Waals surface area contributed by atoms with Crippen molar-refractivity contribution in [2.24, 2.45) is 0 Å². The van der Waals surface area contributed by atoms with Gasteiger partial charge in [-0.3, -0.25) is 0 Å². The molecule has 0 aromatic carbocycles. The van der Waals surface area contributed by atoms with Crippen LogP contribution in [0, 0.1) is 24.6 Å². The van der Waals surface area contributed by atoms with E-state index in [4.69, 9.17) is 10.8 Å². The number of nitrogens with two attached hydrogens (primary N) is 1. The number of hydrogen-bond acceptors (Lipinski definition) is 3. The van der Waals surface area contributed by atoms with E-state index < -0.39 is 46.3 Å². The Morgan fingerprint density at radius 3 is 2.55 bits per heavy atom. The number of alkyl halides is 1. The summed E-state index contributed by atoms with van der Waals surface area (Å²) in [7, 11) is 0. The van der Waals surface area contributed by atoms with E-state index in [0.717, 1.165) is 6.92 Å². The maximum Gasteiger partial charge on any atom is 0.354 e. The number of halogens is 3. The highest BCUT2D eigenvalue weighted by molar-refractivity contribution is 5.89. The number of allylic oxidation sites excluding steroid dienone is 2. The van der Waals surface area contributed by atoms with Gasteiger partial charge in [0.1, 0.15) is 11.7 Å². The van der Waals surface area contributed by atoms with Gasteiger partial charge < -0.3 is 10.8 Å².